The first-order valence-electron chi connectivity index (χ1n) is 7.70. The van der Waals surface area contributed by atoms with Gasteiger partial charge in [0.1, 0.15) is 11.3 Å². The molecule has 0 radical (unpaired) electrons. The smallest absolute Gasteiger partial charge is 0.340 e. The van der Waals surface area contributed by atoms with E-state index < -0.39 is 16.8 Å². The molecule has 0 saturated carbocycles. The Balaban J connectivity index is 2.21. The first-order chi connectivity index (χ1) is 11.9. The van der Waals surface area contributed by atoms with Crippen molar-refractivity contribution in [1.29, 1.82) is 0 Å². The molecule has 1 aliphatic carbocycles. The minimum atomic E-state index is -0.844. The maximum Gasteiger partial charge on any atom is 0.340 e. The third-order valence-corrected chi connectivity index (χ3v) is 4.30. The van der Waals surface area contributed by atoms with Gasteiger partial charge < -0.3 is 15.2 Å². The summed E-state index contributed by atoms with van der Waals surface area (Å²) in [6, 6.07) is 5.79. The number of nitro groups is 1. The number of carbonyl (C=O) groups is 2. The Morgan fingerprint density at radius 2 is 2.16 bits per heavy atom. The number of carbonyl (C=O) groups excluding carboxylic acids is 2. The zero-order chi connectivity index (χ0) is 18.1. The largest absolute Gasteiger partial charge is 0.465 e. The third kappa shape index (κ3) is 2.86. The van der Waals surface area contributed by atoms with Crippen LogP contribution in [0.25, 0.3) is 0 Å². The lowest BCUT2D eigenvalue weighted by atomic mass is 9.77. The monoisotopic (exact) mass is 344 g/mol. The van der Waals surface area contributed by atoms with Crippen LogP contribution in [0.15, 0.2) is 47.1 Å². The van der Waals surface area contributed by atoms with Crippen LogP contribution in [-0.2, 0) is 19.1 Å². The molecule has 0 unspecified atom stereocenters. The van der Waals surface area contributed by atoms with Gasteiger partial charge in [-0.1, -0.05) is 12.1 Å². The first-order valence-corrected chi connectivity index (χ1v) is 7.70. The molecular weight excluding hydrogens is 328 g/mol. The van der Waals surface area contributed by atoms with E-state index in [0.29, 0.717) is 36.2 Å². The molecule has 25 heavy (non-hydrogen) atoms. The Labute approximate surface area is 143 Å². The van der Waals surface area contributed by atoms with Crippen molar-refractivity contribution < 1.29 is 24.0 Å². The van der Waals surface area contributed by atoms with Gasteiger partial charge in [0.25, 0.3) is 5.69 Å². The van der Waals surface area contributed by atoms with E-state index in [2.05, 4.69) is 0 Å². The molecule has 0 bridgehead atoms. The summed E-state index contributed by atoms with van der Waals surface area (Å²) in [5.74, 6) is -1.47. The van der Waals surface area contributed by atoms with Gasteiger partial charge >= 0.3 is 5.97 Å². The number of rotatable bonds is 3. The second kappa shape index (κ2) is 6.39. The molecular formula is C17H16N2O6. The van der Waals surface area contributed by atoms with Crippen molar-refractivity contribution in [3.63, 3.8) is 0 Å². The number of nitrogens with two attached hydrogens (primary N) is 1. The molecule has 0 amide bonds. The number of nitro benzene ring substituents is 1. The molecule has 0 spiro atoms. The number of esters is 1. The van der Waals surface area contributed by atoms with Crippen LogP contribution in [0, 0.1) is 10.1 Å². The molecule has 1 heterocycles. The quantitative estimate of drug-likeness (QED) is 0.506. The lowest BCUT2D eigenvalue weighted by Crippen LogP contribution is -2.31. The zero-order valence-electron chi connectivity index (χ0n) is 13.5. The minimum absolute atomic E-state index is 0.0167. The lowest BCUT2D eigenvalue weighted by Gasteiger charge is -2.32. The average Bonchev–Trinajstić information content (AvgIpc) is 2.60. The van der Waals surface area contributed by atoms with E-state index in [4.69, 9.17) is 15.2 Å². The Hall–Kier alpha value is -3.16. The number of nitrogens with zero attached hydrogens (tertiary/aromatic N) is 1. The number of hydrogen-bond acceptors (Lipinski definition) is 7. The van der Waals surface area contributed by atoms with E-state index in [0.717, 1.165) is 0 Å². The topological polar surface area (TPSA) is 122 Å². The van der Waals surface area contributed by atoms with E-state index in [-0.39, 0.29) is 22.9 Å². The summed E-state index contributed by atoms with van der Waals surface area (Å²) in [7, 11) is 1.19. The fourth-order valence-corrected chi connectivity index (χ4v) is 3.22. The Morgan fingerprint density at radius 1 is 1.40 bits per heavy atom. The van der Waals surface area contributed by atoms with Crippen molar-refractivity contribution in [2.45, 2.75) is 25.2 Å². The molecule has 0 saturated heterocycles. The van der Waals surface area contributed by atoms with Crippen LogP contribution in [0.5, 0.6) is 0 Å². The number of ketones is 1. The summed E-state index contributed by atoms with van der Waals surface area (Å²) in [5.41, 5.74) is 6.49. The number of hydrogen-bond donors (Lipinski definition) is 1. The van der Waals surface area contributed by atoms with Gasteiger partial charge in [0.2, 0.25) is 5.88 Å². The maximum absolute atomic E-state index is 12.5. The third-order valence-electron chi connectivity index (χ3n) is 4.30. The van der Waals surface area contributed by atoms with Crippen LogP contribution in [0.4, 0.5) is 5.69 Å². The predicted octanol–water partition coefficient (Wildman–Crippen LogP) is 2.06. The van der Waals surface area contributed by atoms with Gasteiger partial charge in [0.05, 0.1) is 18.0 Å². The molecule has 2 N–H and O–H groups in total. The van der Waals surface area contributed by atoms with E-state index in [1.54, 1.807) is 6.07 Å². The Kier molecular flexibility index (Phi) is 4.26. The van der Waals surface area contributed by atoms with Crippen molar-refractivity contribution in [1.82, 2.24) is 0 Å². The van der Waals surface area contributed by atoms with Gasteiger partial charge in [-0.05, 0) is 12.0 Å². The summed E-state index contributed by atoms with van der Waals surface area (Å²) in [6.45, 7) is 0. The molecule has 1 aliphatic heterocycles. The highest BCUT2D eigenvalue weighted by molar-refractivity contribution is 6.03. The van der Waals surface area contributed by atoms with Crippen molar-refractivity contribution in [2.24, 2.45) is 5.73 Å². The van der Waals surface area contributed by atoms with E-state index in [1.165, 1.54) is 25.3 Å². The number of ether oxygens (including phenoxy) is 2. The predicted molar refractivity (Wildman–Crippen MR) is 86.0 cm³/mol. The fourth-order valence-electron chi connectivity index (χ4n) is 3.22. The number of methoxy groups -OCH3 is 1. The van der Waals surface area contributed by atoms with Crippen LogP contribution in [-0.4, -0.2) is 23.8 Å². The molecule has 130 valence electrons. The molecule has 0 fully saturated rings. The van der Waals surface area contributed by atoms with Crippen LogP contribution >= 0.6 is 0 Å². The van der Waals surface area contributed by atoms with Gasteiger partial charge in [-0.3, -0.25) is 14.9 Å². The van der Waals surface area contributed by atoms with Crippen LogP contribution < -0.4 is 5.73 Å². The minimum Gasteiger partial charge on any atom is -0.465 e. The number of allylic oxidation sites excluding steroid dienone is 2. The standard InChI is InChI=1S/C17H16N2O6/c1-24-17(21)15-13(9-4-2-5-10(8-9)19(22)23)14-11(20)6-3-7-12(14)25-16(15)18/h2,4-5,8,13H,3,6-7,18H2,1H3/t13-/m1/s1. The van der Waals surface area contributed by atoms with E-state index >= 15 is 0 Å². The van der Waals surface area contributed by atoms with Gasteiger partial charge in [0, 0.05) is 30.5 Å². The highest BCUT2D eigenvalue weighted by Gasteiger charge is 2.41. The maximum atomic E-state index is 12.5. The molecule has 0 aromatic heterocycles. The van der Waals surface area contributed by atoms with Gasteiger partial charge in [-0.15, -0.1) is 0 Å². The summed E-state index contributed by atoms with van der Waals surface area (Å²) < 4.78 is 10.3. The summed E-state index contributed by atoms with van der Waals surface area (Å²) in [5, 5.41) is 11.1. The number of Topliss-reactive ketones (excluding diaryl/α,β-unsaturated/α-hetero) is 1. The zero-order valence-corrected chi connectivity index (χ0v) is 13.5. The first kappa shape index (κ1) is 16.7. The van der Waals surface area contributed by atoms with Crippen molar-refractivity contribution in [3.8, 4) is 0 Å². The van der Waals surface area contributed by atoms with Gasteiger partial charge in [-0.25, -0.2) is 4.79 Å². The van der Waals surface area contributed by atoms with Crippen LogP contribution in [0.1, 0.15) is 30.7 Å². The fraction of sp³-hybridized carbons (Fsp3) is 0.294. The molecule has 1 aromatic carbocycles. The molecule has 2 aliphatic rings. The summed E-state index contributed by atoms with van der Waals surface area (Å²) in [4.78, 5) is 35.3. The van der Waals surface area contributed by atoms with Crippen molar-refractivity contribution in [2.75, 3.05) is 7.11 Å². The van der Waals surface area contributed by atoms with Gasteiger partial charge in [0.15, 0.2) is 5.78 Å². The number of non-ortho nitro benzene ring substituents is 1. The summed E-state index contributed by atoms with van der Waals surface area (Å²) >= 11 is 0. The van der Waals surface area contributed by atoms with Crippen molar-refractivity contribution >= 4 is 17.4 Å². The van der Waals surface area contributed by atoms with Gasteiger partial charge in [-0.2, -0.15) is 0 Å². The SMILES string of the molecule is COC(=O)C1=C(N)OC2=C(C(=O)CCC2)[C@H]1c1cccc([N+](=O)[O-])c1. The second-order valence-corrected chi connectivity index (χ2v) is 5.77. The molecule has 1 aromatic rings. The average molecular weight is 344 g/mol. The summed E-state index contributed by atoms with van der Waals surface area (Å²) in [6.07, 6.45) is 1.46. The Bertz CT molecular complexity index is 839. The Morgan fingerprint density at radius 3 is 2.84 bits per heavy atom. The molecule has 8 nitrogen and oxygen atoms in total. The normalized spacial score (nSPS) is 20.0. The van der Waals surface area contributed by atoms with E-state index in [1.807, 2.05) is 0 Å². The lowest BCUT2D eigenvalue weighted by molar-refractivity contribution is -0.384. The van der Waals surface area contributed by atoms with Crippen molar-refractivity contribution in [3.05, 3.63) is 62.7 Å². The van der Waals surface area contributed by atoms with E-state index in [9.17, 15) is 19.7 Å². The molecule has 1 atom stereocenters. The second-order valence-electron chi connectivity index (χ2n) is 5.77. The van der Waals surface area contributed by atoms with Crippen LogP contribution in [0.2, 0.25) is 0 Å². The highest BCUT2D eigenvalue weighted by Crippen LogP contribution is 2.44. The molecule has 3 rings (SSSR count). The highest BCUT2D eigenvalue weighted by atomic mass is 16.6. The number of benzene rings is 1. The molecule has 8 heteroatoms. The van der Waals surface area contributed by atoms with Crippen LogP contribution in [0.3, 0.4) is 0 Å².